The summed E-state index contributed by atoms with van der Waals surface area (Å²) in [6.45, 7) is 7.70. The van der Waals surface area contributed by atoms with Gasteiger partial charge in [-0.3, -0.25) is 19.8 Å². The van der Waals surface area contributed by atoms with Gasteiger partial charge in [-0.1, -0.05) is 37.1 Å². The molecule has 23 heteroatoms. The number of nitrogens with one attached hydrogen (secondary N) is 3. The first-order valence-corrected chi connectivity index (χ1v) is 26.5. The van der Waals surface area contributed by atoms with E-state index in [0.29, 0.717) is 68.9 Å². The molecule has 1 amide bonds. The third-order valence-corrected chi connectivity index (χ3v) is 17.4. The van der Waals surface area contributed by atoms with Crippen molar-refractivity contribution >= 4 is 71.2 Å². The lowest BCUT2D eigenvalue weighted by Gasteiger charge is -2.39. The maximum atomic E-state index is 14.0. The van der Waals surface area contributed by atoms with Gasteiger partial charge in [0.2, 0.25) is 10.0 Å². The SMILES string of the molecule is CC1(C)CCC(CN2CCN(c3ccc(C(=O)NS(=O)(=O)c4ccc(NCC5CN(S(=O)(=O)C6CC6)CCO5)c([N+](=O)[O-])c4)c(Oc4cnc5[nH]ccc5c4)c3)CC2)=C(c2ccc(C(F)(F)F)cc2Cl)C1. The normalized spacial score (nSPS) is 19.5. The number of ether oxygens (including phenoxy) is 2. The molecule has 2 aliphatic carbocycles. The zero-order valence-corrected chi connectivity index (χ0v) is 41.2. The number of anilines is 2. The number of aromatic amines is 1. The van der Waals surface area contributed by atoms with Crippen LogP contribution in [0.1, 0.15) is 67.4 Å². The monoisotopic (exact) mass is 1040 g/mol. The Labute approximate surface area is 413 Å². The number of pyridine rings is 1. The van der Waals surface area contributed by atoms with Crippen molar-refractivity contribution in [1.82, 2.24) is 23.9 Å². The van der Waals surface area contributed by atoms with Crippen LogP contribution < -0.4 is 19.7 Å². The third kappa shape index (κ3) is 11.3. The Bertz CT molecular complexity index is 3140. The molecule has 0 radical (unpaired) electrons. The number of H-pyrrole nitrogens is 1. The van der Waals surface area contributed by atoms with Gasteiger partial charge in [0.15, 0.2) is 0 Å². The first-order valence-electron chi connectivity index (χ1n) is 23.1. The fourth-order valence-electron chi connectivity index (χ4n) is 9.31. The van der Waals surface area contributed by atoms with Crippen LogP contribution in [0.4, 0.5) is 30.2 Å². The lowest BCUT2D eigenvalue weighted by atomic mass is 9.72. The Hall–Kier alpha value is -5.78. The Balaban J connectivity index is 0.910. The van der Waals surface area contributed by atoms with Crippen molar-refractivity contribution in [2.75, 3.05) is 69.2 Å². The minimum absolute atomic E-state index is 0.00344. The quantitative estimate of drug-likeness (QED) is 0.0665. The predicted molar refractivity (Wildman–Crippen MR) is 262 cm³/mol. The van der Waals surface area contributed by atoms with Crippen LogP contribution in [-0.2, 0) is 31.0 Å². The minimum atomic E-state index is -4.71. The molecule has 5 aromatic rings. The summed E-state index contributed by atoms with van der Waals surface area (Å²) in [6.07, 6.45) is 1.60. The highest BCUT2D eigenvalue weighted by Gasteiger charge is 2.42. The number of allylic oxidation sites excluding steroid dienone is 1. The van der Waals surface area contributed by atoms with Crippen molar-refractivity contribution in [3.05, 3.63) is 117 Å². The lowest BCUT2D eigenvalue weighted by Crippen LogP contribution is -2.48. The summed E-state index contributed by atoms with van der Waals surface area (Å²) in [6, 6.07) is 14.9. The van der Waals surface area contributed by atoms with Crippen LogP contribution in [0, 0.1) is 15.5 Å². The van der Waals surface area contributed by atoms with Gasteiger partial charge in [0.05, 0.1) is 45.1 Å². The molecule has 4 aliphatic rings. The average molecular weight is 1040 g/mol. The van der Waals surface area contributed by atoms with Gasteiger partial charge in [0, 0.05) is 86.8 Å². The number of amides is 1. The van der Waals surface area contributed by atoms with E-state index in [9.17, 15) is 44.9 Å². The van der Waals surface area contributed by atoms with E-state index in [2.05, 4.69) is 38.9 Å². The summed E-state index contributed by atoms with van der Waals surface area (Å²) >= 11 is 6.54. The topological polar surface area (TPSA) is 209 Å². The van der Waals surface area contributed by atoms with Crippen molar-refractivity contribution in [2.24, 2.45) is 5.41 Å². The van der Waals surface area contributed by atoms with E-state index in [1.165, 1.54) is 28.7 Å². The van der Waals surface area contributed by atoms with Gasteiger partial charge in [-0.2, -0.15) is 17.5 Å². The Morgan fingerprint density at radius 1 is 1.01 bits per heavy atom. The number of benzene rings is 3. The number of nitro groups is 1. The summed E-state index contributed by atoms with van der Waals surface area (Å²) in [7, 11) is -8.17. The maximum Gasteiger partial charge on any atom is 0.416 e. The number of hydrogen-bond acceptors (Lipinski definition) is 13. The highest BCUT2D eigenvalue weighted by atomic mass is 35.5. The number of carbonyl (C=O) groups is 1. The molecule has 2 aliphatic heterocycles. The molecule has 2 saturated heterocycles. The zero-order valence-electron chi connectivity index (χ0n) is 38.8. The second-order valence-corrected chi connectivity index (χ2v) is 23.4. The Morgan fingerprint density at radius 2 is 1.79 bits per heavy atom. The zero-order chi connectivity index (χ0) is 50.5. The molecule has 2 aromatic heterocycles. The number of carbonyl (C=O) groups excluding carboxylic acids is 1. The largest absolute Gasteiger partial charge is 0.455 e. The van der Waals surface area contributed by atoms with Gasteiger partial charge in [-0.15, -0.1) is 0 Å². The van der Waals surface area contributed by atoms with Gasteiger partial charge in [0.1, 0.15) is 22.8 Å². The minimum Gasteiger partial charge on any atom is -0.455 e. The number of halogens is 4. The van der Waals surface area contributed by atoms with E-state index >= 15 is 0 Å². The number of hydrogen-bond donors (Lipinski definition) is 3. The van der Waals surface area contributed by atoms with E-state index in [4.69, 9.17) is 21.1 Å². The number of piperazine rings is 1. The number of alkyl halides is 3. The van der Waals surface area contributed by atoms with E-state index < -0.39 is 64.6 Å². The molecular formula is C48H52ClF3N8O9S2. The fraction of sp³-hybridized carbons (Fsp3) is 0.417. The van der Waals surface area contributed by atoms with Crippen molar-refractivity contribution in [3.63, 3.8) is 0 Å². The van der Waals surface area contributed by atoms with E-state index in [1.54, 1.807) is 30.5 Å². The molecule has 378 valence electrons. The molecule has 3 aromatic carbocycles. The van der Waals surface area contributed by atoms with Crippen LogP contribution in [0.3, 0.4) is 0 Å². The number of morpholine rings is 1. The summed E-state index contributed by atoms with van der Waals surface area (Å²) in [5, 5.41) is 15.5. The lowest BCUT2D eigenvalue weighted by molar-refractivity contribution is -0.384. The van der Waals surface area contributed by atoms with E-state index in [0.717, 1.165) is 53.6 Å². The highest BCUT2D eigenvalue weighted by molar-refractivity contribution is 7.90. The van der Waals surface area contributed by atoms with Gasteiger partial charge < -0.3 is 24.7 Å². The number of sulfonamides is 2. The molecule has 9 rings (SSSR count). The van der Waals surface area contributed by atoms with Gasteiger partial charge in [-0.05, 0) is 97.2 Å². The van der Waals surface area contributed by atoms with Crippen molar-refractivity contribution in [1.29, 1.82) is 0 Å². The van der Waals surface area contributed by atoms with Crippen LogP contribution >= 0.6 is 11.6 Å². The van der Waals surface area contributed by atoms with Crippen molar-refractivity contribution in [2.45, 2.75) is 68.4 Å². The van der Waals surface area contributed by atoms with Crippen LogP contribution in [0.15, 0.2) is 89.6 Å². The molecule has 0 spiro atoms. The second kappa shape index (κ2) is 19.7. The molecule has 4 heterocycles. The molecule has 1 atom stereocenters. The highest BCUT2D eigenvalue weighted by Crippen LogP contribution is 2.46. The number of nitro benzene ring substituents is 1. The smallest absolute Gasteiger partial charge is 0.416 e. The van der Waals surface area contributed by atoms with Crippen LogP contribution in [0.5, 0.6) is 11.5 Å². The number of nitrogens with zero attached hydrogens (tertiary/aromatic N) is 5. The van der Waals surface area contributed by atoms with Crippen molar-refractivity contribution in [3.8, 4) is 11.5 Å². The predicted octanol–water partition coefficient (Wildman–Crippen LogP) is 8.45. The van der Waals surface area contributed by atoms with Crippen LogP contribution in [0.25, 0.3) is 16.6 Å². The molecule has 17 nitrogen and oxygen atoms in total. The second-order valence-electron chi connectivity index (χ2n) is 19.1. The van der Waals surface area contributed by atoms with E-state index in [1.807, 2.05) is 4.72 Å². The maximum absolute atomic E-state index is 14.0. The standard InChI is InChI=1S/C48H52ClF3N8O9S2/c1-47(2)13-11-31(40(25-47)38-8-3-32(22-41(38)49)48(50,51)52)28-57-15-17-58(18-16-57)33-4-9-39(44(23-33)69-34-21-30-12-14-53-45(30)55-26-34)46(61)56-70(64,65)37-7-10-42(43(24-37)60(62)63)54-27-35-29-59(19-20-68-35)71(66,67)36-5-6-36/h3-4,7-10,12,14,21-24,26,35-36,54H,5-6,11,13,15-20,25,27-29H2,1-2H3,(H,53,55)(H,56,61). The molecular weight excluding hydrogens is 989 g/mol. The number of fused-ring (bicyclic) bond motifs is 1. The van der Waals surface area contributed by atoms with Gasteiger partial charge in [0.25, 0.3) is 21.6 Å². The summed E-state index contributed by atoms with van der Waals surface area (Å²) in [5.41, 5.74) is 2.36. The van der Waals surface area contributed by atoms with Crippen LogP contribution in [-0.4, -0.2) is 117 Å². The molecule has 3 fully saturated rings. The Kier molecular flexibility index (Phi) is 13.9. The summed E-state index contributed by atoms with van der Waals surface area (Å²) in [4.78, 5) is 36.7. The van der Waals surface area contributed by atoms with Crippen LogP contribution in [0.2, 0.25) is 5.02 Å². The molecule has 0 bridgehead atoms. The van der Waals surface area contributed by atoms with Gasteiger partial charge >= 0.3 is 6.18 Å². The molecule has 71 heavy (non-hydrogen) atoms. The van der Waals surface area contributed by atoms with Gasteiger partial charge in [-0.25, -0.2) is 26.5 Å². The van der Waals surface area contributed by atoms with E-state index in [-0.39, 0.29) is 59.4 Å². The summed E-state index contributed by atoms with van der Waals surface area (Å²) in [5.74, 6) is -0.787. The number of rotatable bonds is 15. The molecule has 3 N–H and O–H groups in total. The average Bonchev–Trinajstić information content (AvgIpc) is 4.10. The first-order chi connectivity index (χ1) is 33.6. The third-order valence-electron chi connectivity index (χ3n) is 13.4. The fourth-order valence-corrected chi connectivity index (χ4v) is 12.4. The molecule has 1 unspecified atom stereocenters. The molecule has 1 saturated carbocycles. The summed E-state index contributed by atoms with van der Waals surface area (Å²) < 4.78 is 109. The van der Waals surface area contributed by atoms with Crippen molar-refractivity contribution < 1.29 is 49.2 Å². The Morgan fingerprint density at radius 3 is 2.51 bits per heavy atom. The first kappa shape index (κ1) is 50.2. The number of aromatic nitrogens is 2.